The van der Waals surface area contributed by atoms with Crippen molar-refractivity contribution >= 4 is 39.1 Å². The Morgan fingerprint density at radius 2 is 1.74 bits per heavy atom. The highest BCUT2D eigenvalue weighted by Gasteiger charge is 2.19. The lowest BCUT2D eigenvalue weighted by Crippen LogP contribution is -2.22. The third-order valence-electron chi connectivity index (χ3n) is 4.62. The number of fused-ring (bicyclic) bond motifs is 1. The van der Waals surface area contributed by atoms with Crippen LogP contribution in [0.15, 0.2) is 36.4 Å². The monoisotopic (exact) mass is 435 g/mol. The molecule has 4 rings (SSSR count). The van der Waals surface area contributed by atoms with Gasteiger partial charge in [-0.05, 0) is 50.8 Å². The number of carbonyl (C=O) groups excluding carboxylic acids is 2. The van der Waals surface area contributed by atoms with Gasteiger partial charge in [-0.2, -0.15) is 9.78 Å². The Labute approximate surface area is 182 Å². The van der Waals surface area contributed by atoms with E-state index < -0.39 is 18.5 Å². The first-order valence-electron chi connectivity index (χ1n) is 9.66. The lowest BCUT2D eigenvalue weighted by Gasteiger charge is -2.09. The molecule has 0 fully saturated rings. The number of aromatic nitrogens is 4. The van der Waals surface area contributed by atoms with E-state index in [2.05, 4.69) is 20.4 Å². The highest BCUT2D eigenvalue weighted by molar-refractivity contribution is 7.21. The van der Waals surface area contributed by atoms with Gasteiger partial charge in [0.25, 0.3) is 11.9 Å². The zero-order valence-electron chi connectivity index (χ0n) is 17.6. The number of nitrogens with zero attached hydrogens (tertiary/aromatic N) is 4. The number of carbonyl (C=O) groups is 2. The summed E-state index contributed by atoms with van der Waals surface area (Å²) >= 11 is 1.36. The van der Waals surface area contributed by atoms with Gasteiger partial charge in [-0.3, -0.25) is 4.79 Å². The second kappa shape index (κ2) is 8.27. The van der Waals surface area contributed by atoms with Crippen molar-refractivity contribution in [2.24, 2.45) is 0 Å². The smallest absolute Gasteiger partial charge is 0.349 e. The summed E-state index contributed by atoms with van der Waals surface area (Å²) in [5.41, 5.74) is 3.13. The van der Waals surface area contributed by atoms with E-state index in [0.29, 0.717) is 22.3 Å². The summed E-state index contributed by atoms with van der Waals surface area (Å²) in [6.45, 7) is 6.99. The number of aryl methyl sites for hydroxylation is 4. The second-order valence-corrected chi connectivity index (χ2v) is 8.26. The maximum atomic E-state index is 12.5. The third kappa shape index (κ3) is 4.31. The molecule has 4 aromatic rings. The number of amides is 1. The number of esters is 1. The molecule has 1 amide bonds. The highest BCUT2D eigenvalue weighted by atomic mass is 32.1. The molecule has 8 nitrogen and oxygen atoms in total. The predicted octanol–water partition coefficient (Wildman–Crippen LogP) is 3.91. The maximum absolute atomic E-state index is 12.5. The summed E-state index contributed by atoms with van der Waals surface area (Å²) in [5.74, 6) is -0.228. The lowest BCUT2D eigenvalue weighted by atomic mass is 10.1. The molecule has 0 unspecified atom stereocenters. The van der Waals surface area contributed by atoms with E-state index in [0.717, 1.165) is 27.0 Å². The zero-order chi connectivity index (χ0) is 22.1. The van der Waals surface area contributed by atoms with Gasteiger partial charge in [0.15, 0.2) is 6.61 Å². The fourth-order valence-electron chi connectivity index (χ4n) is 3.29. The number of hydrogen-bond donors (Lipinski definition) is 1. The van der Waals surface area contributed by atoms with Crippen molar-refractivity contribution in [3.8, 4) is 5.95 Å². The van der Waals surface area contributed by atoms with Crippen molar-refractivity contribution in [2.45, 2.75) is 27.7 Å². The summed E-state index contributed by atoms with van der Waals surface area (Å²) in [6, 6.07) is 11.3. The number of benzene rings is 1. The topological polar surface area (TPSA) is 99.0 Å². The number of hydrogen-bond acceptors (Lipinski definition) is 7. The van der Waals surface area contributed by atoms with Crippen LogP contribution >= 0.6 is 11.3 Å². The standard InChI is InChI=1S/C22H21N5O3S/c1-12-9-13(2)24-22(23-12)27-18(10-14(3)26-27)25-19(28)11-30-21(29)20-15(4)16-7-5-6-8-17(16)31-20/h5-10H,11H2,1-4H3,(H,25,28). The first-order valence-corrected chi connectivity index (χ1v) is 10.5. The van der Waals surface area contributed by atoms with E-state index in [1.54, 1.807) is 13.0 Å². The lowest BCUT2D eigenvalue weighted by molar-refractivity contribution is -0.119. The van der Waals surface area contributed by atoms with Gasteiger partial charge < -0.3 is 10.1 Å². The van der Waals surface area contributed by atoms with Crippen LogP contribution in [-0.4, -0.2) is 38.2 Å². The van der Waals surface area contributed by atoms with E-state index >= 15 is 0 Å². The maximum Gasteiger partial charge on any atom is 0.349 e. The first-order chi connectivity index (χ1) is 14.8. The van der Waals surface area contributed by atoms with Crippen LogP contribution in [0.4, 0.5) is 5.82 Å². The molecule has 0 saturated carbocycles. The molecule has 9 heteroatoms. The molecular formula is C22H21N5O3S. The second-order valence-electron chi connectivity index (χ2n) is 7.21. The summed E-state index contributed by atoms with van der Waals surface area (Å²) in [6.07, 6.45) is 0. The van der Waals surface area contributed by atoms with Crippen molar-refractivity contribution in [3.05, 3.63) is 63.9 Å². The predicted molar refractivity (Wildman–Crippen MR) is 119 cm³/mol. The van der Waals surface area contributed by atoms with Crippen LogP contribution in [0.5, 0.6) is 0 Å². The van der Waals surface area contributed by atoms with Gasteiger partial charge in [-0.25, -0.2) is 14.8 Å². The quantitative estimate of drug-likeness (QED) is 0.477. The van der Waals surface area contributed by atoms with Crippen LogP contribution < -0.4 is 5.32 Å². The molecule has 3 aromatic heterocycles. The summed E-state index contributed by atoms with van der Waals surface area (Å²) in [4.78, 5) is 34.3. The molecule has 1 aromatic carbocycles. The number of rotatable bonds is 5. The SMILES string of the molecule is Cc1cc(C)nc(-n2nc(C)cc2NC(=O)COC(=O)c2sc3ccccc3c2C)n1. The van der Waals surface area contributed by atoms with E-state index in [1.807, 2.05) is 51.1 Å². The molecule has 158 valence electrons. The van der Waals surface area contributed by atoms with Gasteiger partial charge in [-0.1, -0.05) is 18.2 Å². The number of ether oxygens (including phenoxy) is 1. The van der Waals surface area contributed by atoms with Crippen LogP contribution in [0.3, 0.4) is 0 Å². The number of thiophene rings is 1. The van der Waals surface area contributed by atoms with Gasteiger partial charge in [0.1, 0.15) is 10.7 Å². The van der Waals surface area contributed by atoms with Crippen molar-refractivity contribution in [1.82, 2.24) is 19.7 Å². The van der Waals surface area contributed by atoms with Crippen LogP contribution in [0.25, 0.3) is 16.0 Å². The Kier molecular flexibility index (Phi) is 5.51. The van der Waals surface area contributed by atoms with Gasteiger partial charge in [0.2, 0.25) is 0 Å². The highest BCUT2D eigenvalue weighted by Crippen LogP contribution is 2.31. The van der Waals surface area contributed by atoms with Crippen molar-refractivity contribution in [1.29, 1.82) is 0 Å². The van der Waals surface area contributed by atoms with E-state index in [-0.39, 0.29) is 0 Å². The Balaban J connectivity index is 1.47. The summed E-state index contributed by atoms with van der Waals surface area (Å²) in [5, 5.41) is 8.10. The zero-order valence-corrected chi connectivity index (χ0v) is 18.4. The minimum atomic E-state index is -0.517. The molecule has 0 aliphatic rings. The van der Waals surface area contributed by atoms with Gasteiger partial charge >= 0.3 is 5.97 Å². The Bertz CT molecular complexity index is 1290. The molecule has 3 heterocycles. The average molecular weight is 436 g/mol. The molecule has 0 radical (unpaired) electrons. The van der Waals surface area contributed by atoms with E-state index in [4.69, 9.17) is 4.74 Å². The molecule has 0 bridgehead atoms. The first kappa shape index (κ1) is 20.7. The summed E-state index contributed by atoms with van der Waals surface area (Å²) in [7, 11) is 0. The van der Waals surface area contributed by atoms with Crippen molar-refractivity contribution in [3.63, 3.8) is 0 Å². The van der Waals surface area contributed by atoms with Crippen molar-refractivity contribution < 1.29 is 14.3 Å². The number of nitrogens with one attached hydrogen (secondary N) is 1. The van der Waals surface area contributed by atoms with Crippen LogP contribution in [0, 0.1) is 27.7 Å². The largest absolute Gasteiger partial charge is 0.451 e. The fraction of sp³-hybridized carbons (Fsp3) is 0.227. The molecule has 1 N–H and O–H groups in total. The Morgan fingerprint density at radius 3 is 2.45 bits per heavy atom. The molecule has 0 aliphatic carbocycles. The molecule has 0 saturated heterocycles. The van der Waals surface area contributed by atoms with Gasteiger partial charge in [0.05, 0.1) is 5.69 Å². The van der Waals surface area contributed by atoms with Crippen LogP contribution in [0.1, 0.15) is 32.3 Å². The molecule has 0 spiro atoms. The molecule has 0 atom stereocenters. The Hall–Kier alpha value is -3.59. The molecular weight excluding hydrogens is 414 g/mol. The van der Waals surface area contributed by atoms with Gasteiger partial charge in [-0.15, -0.1) is 11.3 Å². The molecule has 31 heavy (non-hydrogen) atoms. The Morgan fingerprint density at radius 1 is 1.03 bits per heavy atom. The fourth-order valence-corrected chi connectivity index (χ4v) is 4.39. The van der Waals surface area contributed by atoms with Gasteiger partial charge in [0, 0.05) is 22.2 Å². The number of anilines is 1. The third-order valence-corrected chi connectivity index (χ3v) is 5.88. The summed E-state index contributed by atoms with van der Waals surface area (Å²) < 4.78 is 7.73. The normalized spacial score (nSPS) is 11.0. The van der Waals surface area contributed by atoms with Crippen LogP contribution in [-0.2, 0) is 9.53 Å². The van der Waals surface area contributed by atoms with Crippen molar-refractivity contribution in [2.75, 3.05) is 11.9 Å². The minimum absolute atomic E-state index is 0.360. The van der Waals surface area contributed by atoms with E-state index in [9.17, 15) is 9.59 Å². The average Bonchev–Trinajstić information content (AvgIpc) is 3.25. The molecule has 0 aliphatic heterocycles. The van der Waals surface area contributed by atoms with E-state index in [1.165, 1.54) is 16.0 Å². The van der Waals surface area contributed by atoms with Crippen LogP contribution in [0.2, 0.25) is 0 Å². The minimum Gasteiger partial charge on any atom is -0.451 e.